The zero-order valence-corrected chi connectivity index (χ0v) is 9.57. The van der Waals surface area contributed by atoms with Gasteiger partial charge in [0.05, 0.1) is 23.4 Å². The number of carbonyl (C=O) groups excluding carboxylic acids is 1. The molecule has 1 saturated heterocycles. The summed E-state index contributed by atoms with van der Waals surface area (Å²) in [6.45, 7) is 2.93. The van der Waals surface area contributed by atoms with Gasteiger partial charge < -0.3 is 15.0 Å². The Morgan fingerprint density at radius 1 is 1.53 bits per heavy atom. The minimum absolute atomic E-state index is 0.0786. The van der Waals surface area contributed by atoms with Crippen molar-refractivity contribution in [3.8, 4) is 0 Å². The molecule has 0 radical (unpaired) electrons. The molecule has 1 aromatic heterocycles. The summed E-state index contributed by atoms with van der Waals surface area (Å²) in [4.78, 5) is 23.0. The largest absolute Gasteiger partial charge is 0.389 e. The molecule has 0 saturated carbocycles. The molecule has 1 aromatic rings. The smallest absolute Gasteiger partial charge is 0.358 e. The molecule has 1 aliphatic rings. The number of nitrogens with zero attached hydrogens (tertiary/aromatic N) is 4. The van der Waals surface area contributed by atoms with Gasteiger partial charge in [0.2, 0.25) is 5.91 Å². The van der Waals surface area contributed by atoms with Gasteiger partial charge in [-0.05, 0) is 17.8 Å². The number of amides is 1. The van der Waals surface area contributed by atoms with E-state index in [1.165, 1.54) is 6.07 Å². The third-order valence-corrected chi connectivity index (χ3v) is 3.07. The highest BCUT2D eigenvalue weighted by Gasteiger charge is 2.25. The first-order chi connectivity index (χ1) is 8.08. The van der Waals surface area contributed by atoms with Crippen LogP contribution < -0.4 is 0 Å². The molecule has 7 heteroatoms. The third-order valence-electron chi connectivity index (χ3n) is 3.07. The molecule has 17 heavy (non-hydrogen) atoms. The van der Waals surface area contributed by atoms with E-state index in [0.717, 1.165) is 12.8 Å². The van der Waals surface area contributed by atoms with Crippen LogP contribution in [0.15, 0.2) is 12.3 Å². The van der Waals surface area contributed by atoms with Gasteiger partial charge in [-0.3, -0.25) is 4.79 Å². The van der Waals surface area contributed by atoms with E-state index in [4.69, 9.17) is 0 Å². The highest BCUT2D eigenvalue weighted by molar-refractivity contribution is 5.73. The Kier molecular flexibility index (Phi) is 3.08. The van der Waals surface area contributed by atoms with Gasteiger partial charge >= 0.3 is 5.82 Å². The van der Waals surface area contributed by atoms with E-state index >= 15 is 0 Å². The Morgan fingerprint density at radius 3 is 2.65 bits per heavy atom. The summed E-state index contributed by atoms with van der Waals surface area (Å²) in [5, 5.41) is 14.4. The van der Waals surface area contributed by atoms with Crippen molar-refractivity contribution in [1.29, 1.82) is 0 Å². The lowest BCUT2D eigenvalue weighted by atomic mass is 10.1. The van der Waals surface area contributed by atoms with Crippen LogP contribution in [0.4, 0.5) is 5.82 Å². The molecule has 0 unspecified atom stereocenters. The van der Waals surface area contributed by atoms with E-state index in [2.05, 4.69) is 5.10 Å². The van der Waals surface area contributed by atoms with Crippen molar-refractivity contribution in [2.45, 2.75) is 25.8 Å². The van der Waals surface area contributed by atoms with Crippen molar-refractivity contribution in [3.05, 3.63) is 22.4 Å². The Hall–Kier alpha value is -1.92. The molecule has 0 atom stereocenters. The normalized spacial score (nSPS) is 17.1. The average Bonchev–Trinajstić information content (AvgIpc) is 2.78. The Labute approximate surface area is 98.2 Å². The number of rotatable bonds is 2. The second-order valence-electron chi connectivity index (χ2n) is 4.15. The molecule has 92 valence electrons. The number of aromatic nitrogens is 2. The van der Waals surface area contributed by atoms with E-state index in [9.17, 15) is 14.9 Å². The van der Waals surface area contributed by atoms with Gasteiger partial charge in [-0.1, -0.05) is 0 Å². The van der Waals surface area contributed by atoms with Crippen LogP contribution >= 0.6 is 0 Å². The van der Waals surface area contributed by atoms with Crippen molar-refractivity contribution in [2.75, 3.05) is 13.1 Å². The van der Waals surface area contributed by atoms with Crippen LogP contribution in [0, 0.1) is 10.1 Å². The van der Waals surface area contributed by atoms with E-state index in [1.807, 2.05) is 0 Å². The van der Waals surface area contributed by atoms with Crippen LogP contribution in [0.25, 0.3) is 0 Å². The first kappa shape index (κ1) is 11.6. The van der Waals surface area contributed by atoms with Gasteiger partial charge in [-0.2, -0.15) is 4.68 Å². The monoisotopic (exact) mass is 238 g/mol. The van der Waals surface area contributed by atoms with Gasteiger partial charge in [0.15, 0.2) is 0 Å². The molecule has 2 rings (SSSR count). The van der Waals surface area contributed by atoms with Crippen molar-refractivity contribution in [1.82, 2.24) is 14.7 Å². The van der Waals surface area contributed by atoms with E-state index in [-0.39, 0.29) is 17.8 Å². The molecule has 7 nitrogen and oxygen atoms in total. The summed E-state index contributed by atoms with van der Waals surface area (Å²) < 4.78 is 1.63. The van der Waals surface area contributed by atoms with Gasteiger partial charge in [-0.15, -0.1) is 0 Å². The molecule has 1 aliphatic heterocycles. The van der Waals surface area contributed by atoms with Crippen LogP contribution in [0.1, 0.15) is 25.8 Å². The number of likely N-dealkylation sites (tertiary alicyclic amines) is 1. The zero-order valence-electron chi connectivity index (χ0n) is 9.57. The number of carbonyl (C=O) groups is 1. The fraction of sp³-hybridized carbons (Fsp3) is 0.600. The van der Waals surface area contributed by atoms with Crippen molar-refractivity contribution >= 4 is 11.7 Å². The van der Waals surface area contributed by atoms with Crippen LogP contribution in [0.2, 0.25) is 0 Å². The lowest BCUT2D eigenvalue weighted by Gasteiger charge is -2.30. The highest BCUT2D eigenvalue weighted by Crippen LogP contribution is 2.23. The molecular weight excluding hydrogens is 224 g/mol. The maximum absolute atomic E-state index is 11.1. The molecular formula is C10H14N4O3. The van der Waals surface area contributed by atoms with Crippen molar-refractivity contribution < 1.29 is 9.72 Å². The molecule has 0 spiro atoms. The number of hydrogen-bond donors (Lipinski definition) is 0. The average molecular weight is 238 g/mol. The van der Waals surface area contributed by atoms with Crippen molar-refractivity contribution in [2.24, 2.45) is 0 Å². The van der Waals surface area contributed by atoms with Crippen LogP contribution in [-0.4, -0.2) is 38.6 Å². The second-order valence-corrected chi connectivity index (χ2v) is 4.15. The predicted octanol–water partition coefficient (Wildman–Crippen LogP) is 0.975. The third kappa shape index (κ3) is 2.43. The SMILES string of the molecule is CC(=O)N1CCC(n2ccc([N+](=O)[O-])n2)CC1. The molecule has 1 amide bonds. The van der Waals surface area contributed by atoms with E-state index < -0.39 is 4.92 Å². The summed E-state index contributed by atoms with van der Waals surface area (Å²) >= 11 is 0. The number of nitro groups is 1. The minimum Gasteiger partial charge on any atom is -0.358 e. The fourth-order valence-electron chi connectivity index (χ4n) is 2.07. The van der Waals surface area contributed by atoms with Crippen LogP contribution in [0.5, 0.6) is 0 Å². The maximum atomic E-state index is 11.1. The standard InChI is InChI=1S/C10H14N4O3/c1-8(15)12-5-2-9(3-6-12)13-7-4-10(11-13)14(16)17/h4,7,9H,2-3,5-6H2,1H3. The molecule has 0 aliphatic carbocycles. The van der Waals surface area contributed by atoms with Gasteiger partial charge in [-0.25, -0.2) is 0 Å². The quantitative estimate of drug-likeness (QED) is 0.568. The summed E-state index contributed by atoms with van der Waals surface area (Å²) in [6, 6.07) is 1.55. The van der Waals surface area contributed by atoms with Gasteiger partial charge in [0.1, 0.15) is 0 Å². The van der Waals surface area contributed by atoms with Crippen LogP contribution in [0.3, 0.4) is 0 Å². The molecule has 0 aromatic carbocycles. The molecule has 1 fully saturated rings. The summed E-state index contributed by atoms with van der Waals surface area (Å²) in [5.74, 6) is -0.0473. The van der Waals surface area contributed by atoms with E-state index in [1.54, 1.807) is 22.7 Å². The highest BCUT2D eigenvalue weighted by atomic mass is 16.6. The Morgan fingerprint density at radius 2 is 2.18 bits per heavy atom. The van der Waals surface area contributed by atoms with Gasteiger partial charge in [0.25, 0.3) is 0 Å². The summed E-state index contributed by atoms with van der Waals surface area (Å²) in [6.07, 6.45) is 3.21. The fourth-order valence-corrected chi connectivity index (χ4v) is 2.07. The number of hydrogen-bond acceptors (Lipinski definition) is 4. The zero-order chi connectivity index (χ0) is 12.4. The Bertz CT molecular complexity index is 435. The summed E-state index contributed by atoms with van der Waals surface area (Å²) in [5.41, 5.74) is 0. The lowest BCUT2D eigenvalue weighted by molar-refractivity contribution is -0.389. The predicted molar refractivity (Wildman–Crippen MR) is 59.4 cm³/mol. The van der Waals surface area contributed by atoms with Crippen molar-refractivity contribution in [3.63, 3.8) is 0 Å². The molecule has 0 N–H and O–H groups in total. The second kappa shape index (κ2) is 4.52. The van der Waals surface area contributed by atoms with E-state index in [0.29, 0.717) is 13.1 Å². The Balaban J connectivity index is 2.00. The topological polar surface area (TPSA) is 81.3 Å². The first-order valence-corrected chi connectivity index (χ1v) is 5.53. The van der Waals surface area contributed by atoms with Crippen LogP contribution in [-0.2, 0) is 4.79 Å². The minimum atomic E-state index is -0.499. The number of piperidine rings is 1. The molecule has 0 bridgehead atoms. The molecule has 2 heterocycles. The lowest BCUT2D eigenvalue weighted by Crippen LogP contribution is -2.37. The first-order valence-electron chi connectivity index (χ1n) is 5.53. The van der Waals surface area contributed by atoms with Gasteiger partial charge in [0, 0.05) is 20.0 Å². The summed E-state index contributed by atoms with van der Waals surface area (Å²) in [7, 11) is 0. The maximum Gasteiger partial charge on any atom is 0.389 e.